The third kappa shape index (κ3) is 2.99. The molecule has 0 aliphatic heterocycles. The molecule has 0 fully saturated rings. The number of aliphatic hydroxyl groups is 1. The number of ether oxygens (including phenoxy) is 2. The molecular formula is C9H10F3NO3. The molecule has 0 saturated heterocycles. The maximum atomic E-state index is 12.0. The highest BCUT2D eigenvalue weighted by atomic mass is 19.4. The van der Waals surface area contributed by atoms with Gasteiger partial charge in [-0.05, 0) is 6.92 Å². The molecule has 0 atom stereocenters. The maximum Gasteiger partial charge on any atom is 0.574 e. The second-order valence-electron chi connectivity index (χ2n) is 2.96. The molecule has 0 bridgehead atoms. The molecule has 1 heterocycles. The third-order valence-corrected chi connectivity index (χ3v) is 1.76. The summed E-state index contributed by atoms with van der Waals surface area (Å²) in [5.74, 6) is -0.582. The van der Waals surface area contributed by atoms with Gasteiger partial charge in [0.05, 0.1) is 19.3 Å². The molecule has 0 unspecified atom stereocenters. The van der Waals surface area contributed by atoms with Crippen molar-refractivity contribution in [2.24, 2.45) is 0 Å². The molecule has 1 N–H and O–H groups in total. The molecule has 0 radical (unpaired) electrons. The molecule has 16 heavy (non-hydrogen) atoms. The fourth-order valence-electron chi connectivity index (χ4n) is 1.16. The standard InChI is InChI=1S/C9H10F3NO3/c1-5-3-7(15-2)6(4-14)8(13-5)16-9(10,11)12/h3,14H,4H2,1-2H3. The lowest BCUT2D eigenvalue weighted by atomic mass is 10.2. The van der Waals surface area contributed by atoms with Gasteiger partial charge in [-0.15, -0.1) is 13.2 Å². The Kier molecular flexibility index (Phi) is 3.58. The Morgan fingerprint density at radius 1 is 1.44 bits per heavy atom. The summed E-state index contributed by atoms with van der Waals surface area (Å²) in [7, 11) is 1.28. The van der Waals surface area contributed by atoms with Crippen LogP contribution in [0.1, 0.15) is 11.3 Å². The lowest BCUT2D eigenvalue weighted by Crippen LogP contribution is -2.19. The van der Waals surface area contributed by atoms with E-state index in [1.54, 1.807) is 0 Å². The molecule has 0 aromatic carbocycles. The summed E-state index contributed by atoms with van der Waals surface area (Å²) in [6.07, 6.45) is -4.85. The Hall–Kier alpha value is -1.50. The number of aryl methyl sites for hydroxylation is 1. The Bertz CT molecular complexity index is 379. The number of aromatic nitrogens is 1. The number of pyridine rings is 1. The van der Waals surface area contributed by atoms with Crippen LogP contribution in [0.2, 0.25) is 0 Å². The smallest absolute Gasteiger partial charge is 0.496 e. The average Bonchev–Trinajstić information content (AvgIpc) is 2.14. The predicted molar refractivity (Wildman–Crippen MR) is 48.1 cm³/mol. The Morgan fingerprint density at radius 3 is 2.50 bits per heavy atom. The van der Waals surface area contributed by atoms with Crippen LogP contribution >= 0.6 is 0 Å². The highest BCUT2D eigenvalue weighted by molar-refractivity contribution is 5.41. The van der Waals surface area contributed by atoms with E-state index in [1.807, 2.05) is 0 Å². The summed E-state index contributed by atoms with van der Waals surface area (Å²) in [4.78, 5) is 3.56. The minimum absolute atomic E-state index is 0.106. The first-order valence-electron chi connectivity index (χ1n) is 4.28. The number of methoxy groups -OCH3 is 1. The maximum absolute atomic E-state index is 12.0. The summed E-state index contributed by atoms with van der Waals surface area (Å²) < 4.78 is 44.6. The van der Waals surface area contributed by atoms with Crippen LogP contribution in [-0.2, 0) is 6.61 Å². The van der Waals surface area contributed by atoms with E-state index in [-0.39, 0.29) is 11.3 Å². The first kappa shape index (κ1) is 12.6. The van der Waals surface area contributed by atoms with Gasteiger partial charge in [-0.1, -0.05) is 0 Å². The van der Waals surface area contributed by atoms with Gasteiger partial charge in [0.1, 0.15) is 5.75 Å². The zero-order valence-electron chi connectivity index (χ0n) is 8.63. The molecule has 90 valence electrons. The number of rotatable bonds is 3. The molecular weight excluding hydrogens is 227 g/mol. The average molecular weight is 237 g/mol. The number of aliphatic hydroxyl groups excluding tert-OH is 1. The molecule has 7 heteroatoms. The van der Waals surface area contributed by atoms with Crippen LogP contribution in [0.4, 0.5) is 13.2 Å². The van der Waals surface area contributed by atoms with E-state index in [2.05, 4.69) is 9.72 Å². The number of nitrogens with zero attached hydrogens (tertiary/aromatic N) is 1. The molecule has 0 saturated carbocycles. The summed E-state index contributed by atoms with van der Waals surface area (Å²) in [5.41, 5.74) is 0.165. The second-order valence-corrected chi connectivity index (χ2v) is 2.96. The van der Waals surface area contributed by atoms with Crippen molar-refractivity contribution in [3.8, 4) is 11.6 Å². The van der Waals surface area contributed by atoms with Gasteiger partial charge in [0, 0.05) is 11.8 Å². The molecule has 0 amide bonds. The molecule has 1 aromatic rings. The fourth-order valence-corrected chi connectivity index (χ4v) is 1.16. The van der Waals surface area contributed by atoms with Gasteiger partial charge in [-0.3, -0.25) is 0 Å². The fraction of sp³-hybridized carbons (Fsp3) is 0.444. The van der Waals surface area contributed by atoms with Gasteiger partial charge in [-0.25, -0.2) is 4.98 Å². The van der Waals surface area contributed by atoms with Crippen LogP contribution < -0.4 is 9.47 Å². The van der Waals surface area contributed by atoms with Crippen LogP contribution in [0.5, 0.6) is 11.6 Å². The van der Waals surface area contributed by atoms with Crippen molar-refractivity contribution >= 4 is 0 Å². The van der Waals surface area contributed by atoms with E-state index in [4.69, 9.17) is 9.84 Å². The minimum Gasteiger partial charge on any atom is -0.496 e. The van der Waals surface area contributed by atoms with E-state index >= 15 is 0 Å². The van der Waals surface area contributed by atoms with E-state index in [9.17, 15) is 13.2 Å². The van der Waals surface area contributed by atoms with Gasteiger partial charge < -0.3 is 14.6 Å². The number of alkyl halides is 3. The number of hydrogen-bond donors (Lipinski definition) is 1. The van der Waals surface area contributed by atoms with Crippen molar-refractivity contribution in [3.05, 3.63) is 17.3 Å². The second kappa shape index (κ2) is 4.56. The zero-order valence-corrected chi connectivity index (χ0v) is 8.63. The number of hydrogen-bond acceptors (Lipinski definition) is 4. The Balaban J connectivity index is 3.20. The monoisotopic (exact) mass is 237 g/mol. The van der Waals surface area contributed by atoms with Gasteiger partial charge in [0.15, 0.2) is 0 Å². The normalized spacial score (nSPS) is 11.4. The SMILES string of the molecule is COc1cc(C)nc(OC(F)(F)F)c1CO. The Morgan fingerprint density at radius 2 is 2.06 bits per heavy atom. The van der Waals surface area contributed by atoms with Crippen LogP contribution in [0.15, 0.2) is 6.07 Å². The van der Waals surface area contributed by atoms with Gasteiger partial charge in [0.2, 0.25) is 5.88 Å². The van der Waals surface area contributed by atoms with Crippen LogP contribution in [0.3, 0.4) is 0 Å². The lowest BCUT2D eigenvalue weighted by Gasteiger charge is -2.14. The van der Waals surface area contributed by atoms with E-state index in [1.165, 1.54) is 20.1 Å². The first-order chi connectivity index (χ1) is 7.37. The van der Waals surface area contributed by atoms with Crippen molar-refractivity contribution in [3.63, 3.8) is 0 Å². The van der Waals surface area contributed by atoms with Crippen LogP contribution in [0.25, 0.3) is 0 Å². The minimum atomic E-state index is -4.85. The largest absolute Gasteiger partial charge is 0.574 e. The van der Waals surface area contributed by atoms with Crippen molar-refractivity contribution < 1.29 is 27.8 Å². The third-order valence-electron chi connectivity index (χ3n) is 1.76. The Labute approximate surface area is 89.6 Å². The topological polar surface area (TPSA) is 51.6 Å². The molecule has 4 nitrogen and oxygen atoms in total. The molecule has 1 aromatic heterocycles. The number of halogens is 3. The summed E-state index contributed by atoms with van der Waals surface area (Å²) in [6.45, 7) is 0.842. The van der Waals surface area contributed by atoms with Crippen molar-refractivity contribution in [2.45, 2.75) is 19.9 Å². The van der Waals surface area contributed by atoms with Crippen LogP contribution in [-0.4, -0.2) is 23.6 Å². The predicted octanol–water partition coefficient (Wildman–Crippen LogP) is 1.79. The van der Waals surface area contributed by atoms with E-state index in [0.29, 0.717) is 5.69 Å². The van der Waals surface area contributed by atoms with Gasteiger partial charge >= 0.3 is 6.36 Å². The van der Waals surface area contributed by atoms with E-state index < -0.39 is 18.8 Å². The van der Waals surface area contributed by atoms with Gasteiger partial charge in [-0.2, -0.15) is 0 Å². The first-order valence-corrected chi connectivity index (χ1v) is 4.28. The summed E-state index contributed by atoms with van der Waals surface area (Å²) >= 11 is 0. The highest BCUT2D eigenvalue weighted by Gasteiger charge is 2.33. The lowest BCUT2D eigenvalue weighted by molar-refractivity contribution is -0.276. The van der Waals surface area contributed by atoms with Crippen molar-refractivity contribution in [1.29, 1.82) is 0 Å². The van der Waals surface area contributed by atoms with Gasteiger partial charge in [0.25, 0.3) is 0 Å². The zero-order chi connectivity index (χ0) is 12.3. The molecule has 1 rings (SSSR count). The quantitative estimate of drug-likeness (QED) is 0.870. The highest BCUT2D eigenvalue weighted by Crippen LogP contribution is 2.31. The summed E-state index contributed by atoms with van der Waals surface area (Å²) in [6, 6.07) is 1.41. The van der Waals surface area contributed by atoms with Crippen molar-refractivity contribution in [2.75, 3.05) is 7.11 Å². The molecule has 0 aliphatic rings. The van der Waals surface area contributed by atoms with Crippen molar-refractivity contribution in [1.82, 2.24) is 4.98 Å². The summed E-state index contributed by atoms with van der Waals surface area (Å²) in [5, 5.41) is 8.95. The molecule has 0 aliphatic carbocycles. The van der Waals surface area contributed by atoms with E-state index in [0.717, 1.165) is 0 Å². The molecule has 0 spiro atoms. The van der Waals surface area contributed by atoms with Crippen LogP contribution in [0, 0.1) is 6.92 Å².